The van der Waals surface area contributed by atoms with Crippen molar-refractivity contribution in [3.05, 3.63) is 38.7 Å². The van der Waals surface area contributed by atoms with Gasteiger partial charge in [-0.2, -0.15) is 10.5 Å². The summed E-state index contributed by atoms with van der Waals surface area (Å²) in [6, 6.07) is 6.84. The molecule has 3 rings (SSSR count). The summed E-state index contributed by atoms with van der Waals surface area (Å²) in [6.45, 7) is 1.58. The van der Waals surface area contributed by atoms with Crippen LogP contribution in [0.5, 0.6) is 11.5 Å². The van der Waals surface area contributed by atoms with Crippen LogP contribution in [0, 0.1) is 22.7 Å². The molecule has 0 aliphatic rings. The molecular formula is C21H19ClN7O5S+. The molecule has 0 saturated carbocycles. The Balaban J connectivity index is 2.00. The van der Waals surface area contributed by atoms with Gasteiger partial charge in [-0.1, -0.05) is 28.0 Å². The van der Waals surface area contributed by atoms with Gasteiger partial charge >= 0.3 is 11.3 Å². The van der Waals surface area contributed by atoms with Crippen LogP contribution in [0.1, 0.15) is 18.1 Å². The van der Waals surface area contributed by atoms with Gasteiger partial charge < -0.3 is 20.5 Å². The summed E-state index contributed by atoms with van der Waals surface area (Å²) in [5.74, 6) is 0.0243. The van der Waals surface area contributed by atoms with Crippen molar-refractivity contribution < 1.29 is 23.5 Å². The Labute approximate surface area is 208 Å². The largest absolute Gasteiger partial charge is 0.495 e. The number of rotatable bonds is 7. The lowest BCUT2D eigenvalue weighted by molar-refractivity contribution is -0.730. The third kappa shape index (κ3) is 4.87. The summed E-state index contributed by atoms with van der Waals surface area (Å²) < 4.78 is 16.4. The van der Waals surface area contributed by atoms with Gasteiger partial charge in [0.25, 0.3) is 0 Å². The van der Waals surface area contributed by atoms with Crippen molar-refractivity contribution in [3.8, 4) is 34.9 Å². The van der Waals surface area contributed by atoms with Crippen molar-refractivity contribution in [2.24, 2.45) is 7.05 Å². The van der Waals surface area contributed by atoms with E-state index in [1.165, 1.54) is 38.1 Å². The van der Waals surface area contributed by atoms with Gasteiger partial charge in [0.05, 0.1) is 35.7 Å². The summed E-state index contributed by atoms with van der Waals surface area (Å²) in [7, 11) is 4.35. The summed E-state index contributed by atoms with van der Waals surface area (Å²) in [5.41, 5.74) is 5.06. The normalized spacial score (nSPS) is 11.3. The van der Waals surface area contributed by atoms with Crippen molar-refractivity contribution in [1.82, 2.24) is 10.3 Å². The van der Waals surface area contributed by atoms with Crippen LogP contribution in [0.3, 0.4) is 0 Å². The number of carbonyl (C=O) groups excluding carboxylic acids is 1. The third-order valence-corrected chi connectivity index (χ3v) is 6.23. The van der Waals surface area contributed by atoms with Crippen molar-refractivity contribution in [2.45, 2.75) is 17.2 Å². The smallest absolute Gasteiger partial charge is 0.435 e. The fourth-order valence-corrected chi connectivity index (χ4v) is 4.30. The maximum Gasteiger partial charge on any atom is 0.435 e. The number of H-pyrrole nitrogens is 1. The Morgan fingerprint density at radius 3 is 2.49 bits per heavy atom. The number of methoxy groups -OCH3 is 2. The number of carbonyl (C=O) groups is 1. The number of nitrogens with zero attached hydrogens (tertiary/aromatic N) is 4. The molecule has 14 heteroatoms. The average molecular weight is 517 g/mol. The van der Waals surface area contributed by atoms with E-state index in [1.807, 2.05) is 12.1 Å². The molecule has 1 unspecified atom stereocenters. The molecule has 2 heterocycles. The van der Waals surface area contributed by atoms with Crippen LogP contribution in [-0.4, -0.2) is 35.6 Å². The van der Waals surface area contributed by atoms with Gasteiger partial charge in [0.15, 0.2) is 7.05 Å². The summed E-state index contributed by atoms with van der Waals surface area (Å²) in [6.07, 6.45) is 0. The van der Waals surface area contributed by atoms with Crippen molar-refractivity contribution in [3.63, 3.8) is 0 Å². The van der Waals surface area contributed by atoms with E-state index in [0.717, 1.165) is 11.8 Å². The molecule has 180 valence electrons. The molecule has 0 saturated heterocycles. The zero-order chi connectivity index (χ0) is 25.9. The van der Waals surface area contributed by atoms with Gasteiger partial charge in [-0.3, -0.25) is 9.32 Å². The molecule has 0 aliphatic heterocycles. The van der Waals surface area contributed by atoms with Gasteiger partial charge in [0.2, 0.25) is 5.91 Å². The van der Waals surface area contributed by atoms with Crippen molar-refractivity contribution in [1.29, 1.82) is 10.5 Å². The number of amides is 1. The molecule has 1 amide bonds. The van der Waals surface area contributed by atoms with Gasteiger partial charge in [-0.05, 0) is 18.3 Å². The summed E-state index contributed by atoms with van der Waals surface area (Å²) in [4.78, 5) is 29.4. The number of ether oxygens (including phenoxy) is 2. The van der Waals surface area contributed by atoms with Gasteiger partial charge in [-0.15, -0.1) is 0 Å². The molecule has 0 bridgehead atoms. The Morgan fingerprint density at radius 2 is 1.94 bits per heavy atom. The van der Waals surface area contributed by atoms with E-state index in [0.29, 0.717) is 17.2 Å². The zero-order valence-corrected chi connectivity index (χ0v) is 20.5. The fraction of sp³-hybridized carbons (Fsp3) is 0.238. The minimum atomic E-state index is -0.809. The van der Waals surface area contributed by atoms with E-state index in [9.17, 15) is 20.1 Å². The first kappa shape index (κ1) is 25.4. The molecule has 12 nitrogen and oxygen atoms in total. The van der Waals surface area contributed by atoms with Crippen molar-refractivity contribution in [2.75, 3.05) is 25.3 Å². The molecule has 2 aromatic heterocycles. The van der Waals surface area contributed by atoms with Gasteiger partial charge in [-0.25, -0.2) is 9.78 Å². The predicted octanol–water partition coefficient (Wildman–Crippen LogP) is 1.97. The highest BCUT2D eigenvalue weighted by molar-refractivity contribution is 8.00. The van der Waals surface area contributed by atoms with E-state index in [1.54, 1.807) is 6.92 Å². The topological polar surface area (TPSA) is 184 Å². The number of nitrogens with one attached hydrogen (secondary N) is 2. The monoisotopic (exact) mass is 516 g/mol. The second kappa shape index (κ2) is 10.4. The lowest BCUT2D eigenvalue weighted by atomic mass is 10.0. The van der Waals surface area contributed by atoms with Crippen LogP contribution in [0.2, 0.25) is 5.02 Å². The quantitative estimate of drug-likeness (QED) is 0.309. The second-order valence-corrected chi connectivity index (χ2v) is 8.71. The number of thioether (sulfide) groups is 1. The highest BCUT2D eigenvalue weighted by Crippen LogP contribution is 2.38. The number of halogens is 1. The van der Waals surface area contributed by atoms with Crippen LogP contribution >= 0.6 is 23.4 Å². The van der Waals surface area contributed by atoms with E-state index in [2.05, 4.69) is 15.6 Å². The number of hydrogen-bond acceptors (Lipinski definition) is 10. The van der Waals surface area contributed by atoms with Gasteiger partial charge in [0.1, 0.15) is 45.6 Å². The Kier molecular flexibility index (Phi) is 7.54. The number of nitrogens with two attached hydrogens (primary N) is 1. The lowest BCUT2D eigenvalue weighted by Gasteiger charge is -2.16. The van der Waals surface area contributed by atoms with E-state index in [-0.39, 0.29) is 38.3 Å². The van der Waals surface area contributed by atoms with E-state index >= 15 is 0 Å². The fourth-order valence-electron chi connectivity index (χ4n) is 3.14. The molecule has 35 heavy (non-hydrogen) atoms. The van der Waals surface area contributed by atoms with Crippen LogP contribution in [0.15, 0.2) is 26.5 Å². The number of anilines is 2. The molecular weight excluding hydrogens is 498 g/mol. The molecule has 0 spiro atoms. The number of nitrogen functional groups attached to an aromatic ring is 1. The third-order valence-electron chi connectivity index (χ3n) is 4.85. The summed E-state index contributed by atoms with van der Waals surface area (Å²) in [5, 5.41) is 24.1. The molecule has 1 aromatic carbocycles. The van der Waals surface area contributed by atoms with Crippen molar-refractivity contribution >= 4 is 40.8 Å². The first-order valence-electron chi connectivity index (χ1n) is 9.77. The number of benzene rings is 1. The number of aryl methyl sites for hydroxylation is 1. The summed E-state index contributed by atoms with van der Waals surface area (Å²) >= 11 is 7.09. The molecule has 4 N–H and O–H groups in total. The average Bonchev–Trinajstić information content (AvgIpc) is 3.16. The SMILES string of the molecule is COc1cc(OC)c(NC(=O)C(C)Sc2nc(N)c(C#N)c(-c3c(=O)o[nH][n+]3C)c2C#N)cc1Cl. The minimum Gasteiger partial charge on any atom is -0.495 e. The number of hydrogen-bond donors (Lipinski definition) is 3. The Bertz CT molecular complexity index is 1450. The Morgan fingerprint density at radius 1 is 1.29 bits per heavy atom. The van der Waals surface area contributed by atoms with Gasteiger partial charge in [0, 0.05) is 6.07 Å². The number of aromatic amines is 1. The highest BCUT2D eigenvalue weighted by Gasteiger charge is 2.32. The van der Waals surface area contributed by atoms with Crippen LogP contribution in [0.25, 0.3) is 11.3 Å². The Hall–Kier alpha value is -4.20. The number of pyridine rings is 1. The highest BCUT2D eigenvalue weighted by atomic mass is 35.5. The van der Waals surface area contributed by atoms with Crippen LogP contribution < -0.4 is 30.8 Å². The number of aromatic nitrogens is 3. The lowest BCUT2D eigenvalue weighted by Crippen LogP contribution is -2.34. The zero-order valence-electron chi connectivity index (χ0n) is 18.9. The molecule has 1 atom stereocenters. The second-order valence-electron chi connectivity index (χ2n) is 6.98. The van der Waals surface area contributed by atoms with E-state index < -0.39 is 16.8 Å². The molecule has 0 radical (unpaired) electrons. The maximum absolute atomic E-state index is 12.9. The first-order valence-corrected chi connectivity index (χ1v) is 11.0. The predicted molar refractivity (Wildman–Crippen MR) is 126 cm³/mol. The molecule has 3 aromatic rings. The van der Waals surface area contributed by atoms with Crippen LogP contribution in [0.4, 0.5) is 11.5 Å². The van der Waals surface area contributed by atoms with Crippen LogP contribution in [-0.2, 0) is 11.8 Å². The number of nitriles is 2. The standard InChI is InChI=1S/C21H18ClN7O5S/c1-9(19(30)26-13-5-12(22)14(32-3)6-15(13)33-4)35-20-11(8-24)16(10(7-23)18(25)27-20)17-21(31)34-28-29(17)2/h5-6,9H,1-4H3,(H3-,25,26,27,28,30,31)/p+1. The first-order chi connectivity index (χ1) is 16.7. The molecule has 0 fully saturated rings. The molecule has 0 aliphatic carbocycles. The maximum atomic E-state index is 12.9. The van der Waals surface area contributed by atoms with E-state index in [4.69, 9.17) is 31.3 Å². The minimum absolute atomic E-state index is 0.0429.